The number of halogens is 1. The smallest absolute Gasteiger partial charge is 0.254 e. The molecule has 1 fully saturated rings. The van der Waals surface area contributed by atoms with Crippen LogP contribution in [0.3, 0.4) is 0 Å². The van der Waals surface area contributed by atoms with Gasteiger partial charge in [-0.1, -0.05) is 0 Å². The minimum atomic E-state index is -0.216. The van der Waals surface area contributed by atoms with E-state index in [0.29, 0.717) is 18.7 Å². The number of anilines is 2. The van der Waals surface area contributed by atoms with Crippen molar-refractivity contribution >= 4 is 17.4 Å². The third-order valence-electron chi connectivity index (χ3n) is 4.84. The van der Waals surface area contributed by atoms with E-state index in [4.69, 9.17) is 0 Å². The van der Waals surface area contributed by atoms with Crippen LogP contribution in [0.1, 0.15) is 24.2 Å². The number of carbonyl (C=O) groups excluding carboxylic acids is 1. The quantitative estimate of drug-likeness (QED) is 0.826. The Morgan fingerprint density at radius 1 is 1.04 bits per heavy atom. The summed E-state index contributed by atoms with van der Waals surface area (Å²) in [5, 5.41) is 0. The number of aromatic nitrogens is 1. The SMILES string of the molecule is CCN(CC)C(=O)c1ccnc(N2CCN(c3ccc(F)cc3)CC2)c1. The number of nitrogens with zero attached hydrogens (tertiary/aromatic N) is 4. The van der Waals surface area contributed by atoms with E-state index in [9.17, 15) is 9.18 Å². The molecule has 1 aromatic carbocycles. The molecule has 3 rings (SSSR count). The van der Waals surface area contributed by atoms with Crippen molar-refractivity contribution in [2.24, 2.45) is 0 Å². The zero-order chi connectivity index (χ0) is 18.5. The van der Waals surface area contributed by atoms with Crippen molar-refractivity contribution in [3.05, 3.63) is 54.0 Å². The lowest BCUT2D eigenvalue weighted by Crippen LogP contribution is -2.46. The van der Waals surface area contributed by atoms with Crippen molar-refractivity contribution in [1.29, 1.82) is 0 Å². The van der Waals surface area contributed by atoms with Gasteiger partial charge in [-0.15, -0.1) is 0 Å². The number of pyridine rings is 1. The second-order valence-electron chi connectivity index (χ2n) is 6.33. The molecule has 1 saturated heterocycles. The molecule has 0 aliphatic carbocycles. The molecule has 2 aromatic rings. The molecule has 5 nitrogen and oxygen atoms in total. The van der Waals surface area contributed by atoms with Crippen LogP contribution < -0.4 is 9.80 Å². The van der Waals surface area contributed by atoms with Crippen molar-refractivity contribution < 1.29 is 9.18 Å². The summed E-state index contributed by atoms with van der Waals surface area (Å²) >= 11 is 0. The van der Waals surface area contributed by atoms with Gasteiger partial charge in [-0.3, -0.25) is 4.79 Å². The minimum absolute atomic E-state index is 0.0450. The summed E-state index contributed by atoms with van der Waals surface area (Å²) < 4.78 is 13.1. The Morgan fingerprint density at radius 2 is 1.65 bits per heavy atom. The zero-order valence-electron chi connectivity index (χ0n) is 15.4. The molecule has 1 aromatic heterocycles. The van der Waals surface area contributed by atoms with Gasteiger partial charge in [0.25, 0.3) is 5.91 Å². The van der Waals surface area contributed by atoms with E-state index >= 15 is 0 Å². The number of piperazine rings is 1. The number of hydrogen-bond acceptors (Lipinski definition) is 4. The number of carbonyl (C=O) groups is 1. The van der Waals surface area contributed by atoms with Crippen LogP contribution in [-0.4, -0.2) is 55.1 Å². The van der Waals surface area contributed by atoms with Gasteiger partial charge in [0.05, 0.1) is 0 Å². The Kier molecular flexibility index (Phi) is 5.71. The first-order valence-corrected chi connectivity index (χ1v) is 9.13. The highest BCUT2D eigenvalue weighted by atomic mass is 19.1. The Balaban J connectivity index is 1.67. The van der Waals surface area contributed by atoms with Crippen LogP contribution in [0.25, 0.3) is 0 Å². The average Bonchev–Trinajstić information content (AvgIpc) is 2.70. The van der Waals surface area contributed by atoms with Crippen LogP contribution in [0.2, 0.25) is 0 Å². The summed E-state index contributed by atoms with van der Waals surface area (Å²) in [5.74, 6) is 0.664. The van der Waals surface area contributed by atoms with Crippen LogP contribution in [0.4, 0.5) is 15.9 Å². The molecule has 0 unspecified atom stereocenters. The lowest BCUT2D eigenvalue weighted by atomic mass is 10.2. The second kappa shape index (κ2) is 8.17. The molecule has 138 valence electrons. The fraction of sp³-hybridized carbons (Fsp3) is 0.400. The van der Waals surface area contributed by atoms with E-state index in [1.165, 1.54) is 12.1 Å². The normalized spacial score (nSPS) is 14.4. The number of hydrogen-bond donors (Lipinski definition) is 0. The lowest BCUT2D eigenvalue weighted by molar-refractivity contribution is 0.0773. The largest absolute Gasteiger partial charge is 0.368 e. The molecule has 1 aliphatic heterocycles. The highest BCUT2D eigenvalue weighted by Crippen LogP contribution is 2.20. The van der Waals surface area contributed by atoms with Gasteiger partial charge in [-0.05, 0) is 50.2 Å². The molecule has 1 amide bonds. The monoisotopic (exact) mass is 356 g/mol. The predicted octanol–water partition coefficient (Wildman–Crippen LogP) is 3.03. The van der Waals surface area contributed by atoms with Gasteiger partial charge >= 0.3 is 0 Å². The molecule has 1 aliphatic rings. The first-order chi connectivity index (χ1) is 12.6. The maximum absolute atomic E-state index is 13.1. The molecule has 0 bridgehead atoms. The van der Waals surface area contributed by atoms with E-state index in [1.807, 2.05) is 36.9 Å². The number of amides is 1. The number of benzene rings is 1. The summed E-state index contributed by atoms with van der Waals surface area (Å²) in [6.07, 6.45) is 1.71. The van der Waals surface area contributed by atoms with Gasteiger partial charge in [0, 0.05) is 56.7 Å². The van der Waals surface area contributed by atoms with Crippen molar-refractivity contribution in [2.45, 2.75) is 13.8 Å². The number of rotatable bonds is 5. The first kappa shape index (κ1) is 18.2. The van der Waals surface area contributed by atoms with Gasteiger partial charge in [-0.2, -0.15) is 0 Å². The van der Waals surface area contributed by atoms with E-state index in [2.05, 4.69) is 14.8 Å². The standard InChI is InChI=1S/C20H25FN4O/c1-3-23(4-2)20(26)16-9-10-22-19(15-16)25-13-11-24(12-14-25)18-7-5-17(21)6-8-18/h5-10,15H,3-4,11-14H2,1-2H3. The van der Waals surface area contributed by atoms with Gasteiger partial charge in [0.2, 0.25) is 0 Å². The highest BCUT2D eigenvalue weighted by molar-refractivity contribution is 5.94. The van der Waals surface area contributed by atoms with Crippen LogP contribution in [0.15, 0.2) is 42.6 Å². The van der Waals surface area contributed by atoms with Crippen LogP contribution in [0, 0.1) is 5.82 Å². The van der Waals surface area contributed by atoms with Crippen molar-refractivity contribution in [2.75, 3.05) is 49.1 Å². The lowest BCUT2D eigenvalue weighted by Gasteiger charge is -2.36. The van der Waals surface area contributed by atoms with E-state index < -0.39 is 0 Å². The van der Waals surface area contributed by atoms with Crippen LogP contribution in [-0.2, 0) is 0 Å². The van der Waals surface area contributed by atoms with E-state index in [0.717, 1.165) is 37.7 Å². The maximum Gasteiger partial charge on any atom is 0.254 e. The average molecular weight is 356 g/mol. The predicted molar refractivity (Wildman–Crippen MR) is 102 cm³/mol. The Labute approximate surface area is 154 Å². The second-order valence-corrected chi connectivity index (χ2v) is 6.33. The molecule has 0 spiro atoms. The molecule has 2 heterocycles. The Hall–Kier alpha value is -2.63. The fourth-order valence-electron chi connectivity index (χ4n) is 3.26. The van der Waals surface area contributed by atoms with Gasteiger partial charge in [0.1, 0.15) is 11.6 Å². The summed E-state index contributed by atoms with van der Waals surface area (Å²) in [6, 6.07) is 10.3. The maximum atomic E-state index is 13.1. The summed E-state index contributed by atoms with van der Waals surface area (Å²) in [5.41, 5.74) is 1.71. The third-order valence-corrected chi connectivity index (χ3v) is 4.84. The highest BCUT2D eigenvalue weighted by Gasteiger charge is 2.20. The van der Waals surface area contributed by atoms with Crippen molar-refractivity contribution in [1.82, 2.24) is 9.88 Å². The van der Waals surface area contributed by atoms with Crippen LogP contribution >= 0.6 is 0 Å². The zero-order valence-corrected chi connectivity index (χ0v) is 15.4. The molecule has 26 heavy (non-hydrogen) atoms. The summed E-state index contributed by atoms with van der Waals surface area (Å²) in [4.78, 5) is 23.2. The molecule has 0 atom stereocenters. The molecule has 6 heteroatoms. The van der Waals surface area contributed by atoms with E-state index in [-0.39, 0.29) is 11.7 Å². The molecule has 0 radical (unpaired) electrons. The molecule has 0 saturated carbocycles. The minimum Gasteiger partial charge on any atom is -0.368 e. The van der Waals surface area contributed by atoms with Gasteiger partial charge in [-0.25, -0.2) is 9.37 Å². The van der Waals surface area contributed by atoms with Gasteiger partial charge < -0.3 is 14.7 Å². The topological polar surface area (TPSA) is 39.7 Å². The van der Waals surface area contributed by atoms with E-state index in [1.54, 1.807) is 12.3 Å². The molecular weight excluding hydrogens is 331 g/mol. The Bertz CT molecular complexity index is 738. The van der Waals surface area contributed by atoms with Crippen molar-refractivity contribution in [3.63, 3.8) is 0 Å². The van der Waals surface area contributed by atoms with Crippen LogP contribution in [0.5, 0.6) is 0 Å². The van der Waals surface area contributed by atoms with Crippen molar-refractivity contribution in [3.8, 4) is 0 Å². The third kappa shape index (κ3) is 3.95. The molecular formula is C20H25FN4O. The summed E-state index contributed by atoms with van der Waals surface area (Å²) in [7, 11) is 0. The summed E-state index contributed by atoms with van der Waals surface area (Å²) in [6.45, 7) is 8.66. The molecule has 0 N–H and O–H groups in total. The first-order valence-electron chi connectivity index (χ1n) is 9.13. The fourth-order valence-corrected chi connectivity index (χ4v) is 3.26. The van der Waals surface area contributed by atoms with Gasteiger partial charge in [0.15, 0.2) is 0 Å². The Morgan fingerprint density at radius 3 is 2.27 bits per heavy atom.